The molecule has 2 aromatic heterocycles. The average molecular weight is 452 g/mol. The van der Waals surface area contributed by atoms with Gasteiger partial charge in [-0.25, -0.2) is 22.9 Å². The molecule has 0 aliphatic heterocycles. The molecule has 8 nitrogen and oxygen atoms in total. The van der Waals surface area contributed by atoms with Gasteiger partial charge in [0.1, 0.15) is 23.8 Å². The maximum absolute atomic E-state index is 12.4. The number of carbonyl (C=O) groups excluding carboxylic acids is 1. The highest BCUT2D eigenvalue weighted by molar-refractivity contribution is 7.89. The third kappa shape index (κ3) is 4.96. The summed E-state index contributed by atoms with van der Waals surface area (Å²) in [6.07, 6.45) is 1.47. The van der Waals surface area contributed by atoms with E-state index in [2.05, 4.69) is 9.71 Å². The van der Waals surface area contributed by atoms with Crippen LogP contribution in [-0.2, 0) is 27.9 Å². The van der Waals surface area contributed by atoms with Gasteiger partial charge < -0.3 is 13.6 Å². The first kappa shape index (κ1) is 21.5. The second-order valence-corrected chi connectivity index (χ2v) is 8.66. The van der Waals surface area contributed by atoms with Gasteiger partial charge in [-0.05, 0) is 55.5 Å². The lowest BCUT2D eigenvalue weighted by Gasteiger charge is -2.07. The number of hydrogen-bond acceptors (Lipinski definition) is 7. The molecule has 0 amide bonds. The number of aromatic nitrogens is 1. The molecule has 9 heteroatoms. The number of benzene rings is 2. The fraction of sp³-hybridized carbons (Fsp3) is 0.130. The van der Waals surface area contributed by atoms with Crippen molar-refractivity contribution in [2.24, 2.45) is 0 Å². The number of aryl methyl sites for hydroxylation is 1. The molecule has 0 aliphatic carbocycles. The molecule has 0 spiro atoms. The van der Waals surface area contributed by atoms with Crippen LogP contribution in [0.3, 0.4) is 0 Å². The number of nitrogens with zero attached hydrogens (tertiary/aromatic N) is 1. The second kappa shape index (κ2) is 9.21. The lowest BCUT2D eigenvalue weighted by molar-refractivity contribution is 0.0467. The van der Waals surface area contributed by atoms with Crippen molar-refractivity contribution in [3.05, 3.63) is 95.8 Å². The maximum Gasteiger partial charge on any atom is 0.338 e. The smallest absolute Gasteiger partial charge is 0.338 e. The van der Waals surface area contributed by atoms with Crippen LogP contribution in [0, 0.1) is 6.92 Å². The predicted octanol–water partition coefficient (Wildman–Crippen LogP) is 4.08. The SMILES string of the molecule is Cc1oc(-c2ccccc2)nc1COC(=O)c1ccc(S(=O)(=O)NCc2ccco2)cc1. The summed E-state index contributed by atoms with van der Waals surface area (Å²) in [5, 5.41) is 0. The molecule has 0 saturated carbocycles. The number of oxazole rings is 1. The first-order chi connectivity index (χ1) is 15.4. The van der Waals surface area contributed by atoms with Crippen molar-refractivity contribution >= 4 is 16.0 Å². The molecule has 2 heterocycles. The monoisotopic (exact) mass is 452 g/mol. The van der Waals surface area contributed by atoms with E-state index in [1.807, 2.05) is 30.3 Å². The molecule has 0 unspecified atom stereocenters. The Labute approximate surface area is 184 Å². The van der Waals surface area contributed by atoms with Crippen molar-refractivity contribution in [1.29, 1.82) is 0 Å². The summed E-state index contributed by atoms with van der Waals surface area (Å²) in [6, 6.07) is 18.2. The summed E-state index contributed by atoms with van der Waals surface area (Å²) in [6.45, 7) is 1.71. The third-order valence-corrected chi connectivity index (χ3v) is 6.09. The van der Waals surface area contributed by atoms with E-state index in [-0.39, 0.29) is 23.6 Å². The van der Waals surface area contributed by atoms with Crippen molar-refractivity contribution in [3.63, 3.8) is 0 Å². The van der Waals surface area contributed by atoms with Crippen LogP contribution in [0.1, 0.15) is 27.6 Å². The minimum absolute atomic E-state index is 0.0282. The topological polar surface area (TPSA) is 112 Å². The number of carbonyl (C=O) groups is 1. The van der Waals surface area contributed by atoms with Gasteiger partial charge in [0.25, 0.3) is 0 Å². The van der Waals surface area contributed by atoms with E-state index in [0.29, 0.717) is 23.1 Å². The van der Waals surface area contributed by atoms with Gasteiger partial charge >= 0.3 is 5.97 Å². The number of nitrogens with one attached hydrogen (secondary N) is 1. The van der Waals surface area contributed by atoms with Gasteiger partial charge in [0.05, 0.1) is 23.3 Å². The molecular weight excluding hydrogens is 432 g/mol. The van der Waals surface area contributed by atoms with Crippen LogP contribution in [0.15, 0.2) is 86.7 Å². The molecule has 0 bridgehead atoms. The zero-order chi connectivity index (χ0) is 22.6. The number of ether oxygens (including phenoxy) is 1. The molecule has 4 aromatic rings. The van der Waals surface area contributed by atoms with Crippen LogP contribution >= 0.6 is 0 Å². The van der Waals surface area contributed by atoms with Gasteiger partial charge in [-0.15, -0.1) is 0 Å². The molecule has 32 heavy (non-hydrogen) atoms. The lowest BCUT2D eigenvalue weighted by Crippen LogP contribution is -2.23. The molecule has 0 radical (unpaired) electrons. The molecule has 0 atom stereocenters. The van der Waals surface area contributed by atoms with E-state index in [4.69, 9.17) is 13.6 Å². The molecule has 164 valence electrons. The highest BCUT2D eigenvalue weighted by atomic mass is 32.2. The molecular formula is C23H20N2O6S. The highest BCUT2D eigenvalue weighted by Gasteiger charge is 2.17. The summed E-state index contributed by atoms with van der Waals surface area (Å²) in [7, 11) is -3.75. The number of furan rings is 1. The molecule has 2 aromatic carbocycles. The Morgan fingerprint density at radius 3 is 2.47 bits per heavy atom. The van der Waals surface area contributed by atoms with Gasteiger partial charge in [-0.3, -0.25) is 0 Å². The highest BCUT2D eigenvalue weighted by Crippen LogP contribution is 2.22. The fourth-order valence-electron chi connectivity index (χ4n) is 2.92. The van der Waals surface area contributed by atoms with E-state index in [1.54, 1.807) is 19.1 Å². The average Bonchev–Trinajstić information content (AvgIpc) is 3.46. The number of hydrogen-bond donors (Lipinski definition) is 1. The summed E-state index contributed by atoms with van der Waals surface area (Å²) in [5.74, 6) is 0.903. The number of rotatable bonds is 8. The summed E-state index contributed by atoms with van der Waals surface area (Å²) in [4.78, 5) is 16.8. The van der Waals surface area contributed by atoms with Crippen molar-refractivity contribution in [2.45, 2.75) is 25.0 Å². The molecule has 1 N–H and O–H groups in total. The lowest BCUT2D eigenvalue weighted by atomic mass is 10.2. The van der Waals surface area contributed by atoms with E-state index >= 15 is 0 Å². The predicted molar refractivity (Wildman–Crippen MR) is 115 cm³/mol. The Morgan fingerprint density at radius 2 is 1.78 bits per heavy atom. The first-order valence-electron chi connectivity index (χ1n) is 9.73. The van der Waals surface area contributed by atoms with Gasteiger partial charge in [0.2, 0.25) is 15.9 Å². The van der Waals surface area contributed by atoms with Crippen LogP contribution in [0.4, 0.5) is 0 Å². The van der Waals surface area contributed by atoms with Crippen molar-refractivity contribution in [1.82, 2.24) is 9.71 Å². The second-order valence-electron chi connectivity index (χ2n) is 6.89. The van der Waals surface area contributed by atoms with E-state index in [1.165, 1.54) is 30.5 Å². The van der Waals surface area contributed by atoms with Crippen molar-refractivity contribution in [2.75, 3.05) is 0 Å². The van der Waals surface area contributed by atoms with Gasteiger partial charge in [-0.2, -0.15) is 0 Å². The van der Waals surface area contributed by atoms with Crippen molar-refractivity contribution in [3.8, 4) is 11.5 Å². The Bertz CT molecular complexity index is 1290. The quantitative estimate of drug-likeness (QED) is 0.401. The molecule has 0 saturated heterocycles. The number of esters is 1. The minimum Gasteiger partial charge on any atom is -0.468 e. The van der Waals surface area contributed by atoms with Crippen LogP contribution in [0.2, 0.25) is 0 Å². The van der Waals surface area contributed by atoms with E-state index in [0.717, 1.165) is 5.56 Å². The van der Waals surface area contributed by atoms with Crippen LogP contribution < -0.4 is 4.72 Å². The minimum atomic E-state index is -3.75. The van der Waals surface area contributed by atoms with E-state index in [9.17, 15) is 13.2 Å². The Morgan fingerprint density at radius 1 is 1.03 bits per heavy atom. The molecule has 4 rings (SSSR count). The van der Waals surface area contributed by atoms with Gasteiger partial charge in [0, 0.05) is 5.56 Å². The summed E-state index contributed by atoms with van der Waals surface area (Å²) in [5.41, 5.74) is 1.56. The standard InChI is InChI=1S/C23H20N2O6S/c1-16-21(25-22(31-16)17-6-3-2-4-7-17)15-30-23(26)18-9-11-20(12-10-18)32(27,28)24-14-19-8-5-13-29-19/h2-13,24H,14-15H2,1H3. The molecule has 0 fully saturated rings. The summed E-state index contributed by atoms with van der Waals surface area (Å²) < 4.78 is 43.3. The van der Waals surface area contributed by atoms with Crippen molar-refractivity contribution < 1.29 is 26.8 Å². The van der Waals surface area contributed by atoms with Crippen LogP contribution in [0.25, 0.3) is 11.5 Å². The first-order valence-corrected chi connectivity index (χ1v) is 11.2. The number of sulfonamides is 1. The Balaban J connectivity index is 1.37. The molecule has 0 aliphatic rings. The van der Waals surface area contributed by atoms with Crippen LogP contribution in [0.5, 0.6) is 0 Å². The normalized spacial score (nSPS) is 11.4. The zero-order valence-electron chi connectivity index (χ0n) is 17.1. The third-order valence-electron chi connectivity index (χ3n) is 4.67. The van der Waals surface area contributed by atoms with Gasteiger partial charge in [-0.1, -0.05) is 18.2 Å². The fourth-order valence-corrected chi connectivity index (χ4v) is 3.91. The zero-order valence-corrected chi connectivity index (χ0v) is 18.0. The largest absolute Gasteiger partial charge is 0.468 e. The van der Waals surface area contributed by atoms with E-state index < -0.39 is 16.0 Å². The van der Waals surface area contributed by atoms with Crippen LogP contribution in [-0.4, -0.2) is 19.4 Å². The summed E-state index contributed by atoms with van der Waals surface area (Å²) >= 11 is 0. The Hall–Kier alpha value is -3.69. The Kier molecular flexibility index (Phi) is 6.20. The van der Waals surface area contributed by atoms with Gasteiger partial charge in [0.15, 0.2) is 0 Å². The maximum atomic E-state index is 12.4.